The van der Waals surface area contributed by atoms with Gasteiger partial charge in [-0.3, -0.25) is 4.79 Å². The van der Waals surface area contributed by atoms with E-state index in [9.17, 15) is 14.9 Å². The molecule has 0 amide bonds. The van der Waals surface area contributed by atoms with Crippen LogP contribution in [0.25, 0.3) is 4.96 Å². The summed E-state index contributed by atoms with van der Waals surface area (Å²) in [5.41, 5.74) is 0. The van der Waals surface area contributed by atoms with E-state index in [1.165, 1.54) is 15.7 Å². The molecule has 8 nitrogen and oxygen atoms in total. The summed E-state index contributed by atoms with van der Waals surface area (Å²) in [6.07, 6.45) is 1.54. The van der Waals surface area contributed by atoms with E-state index in [0.29, 0.717) is 4.96 Å². The lowest BCUT2D eigenvalue weighted by Gasteiger charge is -2.07. The normalized spacial score (nSPS) is 10.9. The zero-order chi connectivity index (χ0) is 14.7. The van der Waals surface area contributed by atoms with Crippen LogP contribution in [0.15, 0.2) is 11.6 Å². The average molecular weight is 298 g/mol. The Labute approximate surface area is 118 Å². The molecule has 0 aliphatic rings. The minimum atomic E-state index is -0.499. The number of nitrogens with one attached hydrogen (secondary N) is 1. The van der Waals surface area contributed by atoms with E-state index in [1.807, 2.05) is 0 Å². The fraction of sp³-hybridized carbons (Fsp3) is 0.455. The summed E-state index contributed by atoms with van der Waals surface area (Å²) in [7, 11) is 0. The Morgan fingerprint density at radius 3 is 3.05 bits per heavy atom. The number of esters is 1. The number of nitrogens with zero attached hydrogens (tertiary/aromatic N) is 3. The van der Waals surface area contributed by atoms with Crippen LogP contribution in [0.3, 0.4) is 0 Å². The van der Waals surface area contributed by atoms with Crippen molar-refractivity contribution in [2.24, 2.45) is 0 Å². The van der Waals surface area contributed by atoms with E-state index in [4.69, 9.17) is 4.74 Å². The number of hydrogen-bond acceptors (Lipinski definition) is 7. The number of thiazole rings is 1. The molecule has 1 N–H and O–H groups in total. The van der Waals surface area contributed by atoms with Gasteiger partial charge in [-0.1, -0.05) is 11.3 Å². The van der Waals surface area contributed by atoms with Gasteiger partial charge < -0.3 is 20.2 Å². The topological polar surface area (TPSA) is 98.8 Å². The molecule has 2 heterocycles. The molecule has 0 atom stereocenters. The highest BCUT2D eigenvalue weighted by Gasteiger charge is 2.23. The van der Waals surface area contributed by atoms with Gasteiger partial charge in [0.25, 0.3) is 4.96 Å². The number of nitro groups is 1. The first kappa shape index (κ1) is 14.3. The van der Waals surface area contributed by atoms with Crippen molar-refractivity contribution >= 4 is 33.9 Å². The van der Waals surface area contributed by atoms with E-state index in [0.717, 1.165) is 0 Å². The number of anilines is 1. The number of imidazole rings is 1. The standard InChI is InChI=1S/C11H14N4O4S/c1-7(2)19-8(16)3-4-12-9-10(15(17)18)14-5-6-20-11(14)13-9/h5-7,12H,3-4H2,1-2H3. The fourth-order valence-corrected chi connectivity index (χ4v) is 2.38. The van der Waals surface area contributed by atoms with Gasteiger partial charge in [-0.05, 0) is 18.8 Å². The molecule has 0 saturated carbocycles. The minimum absolute atomic E-state index is 0.126. The van der Waals surface area contributed by atoms with Crippen LogP contribution in [0, 0.1) is 10.1 Å². The average Bonchev–Trinajstić information content (AvgIpc) is 2.86. The summed E-state index contributed by atoms with van der Waals surface area (Å²) in [5.74, 6) is -0.311. The maximum atomic E-state index is 11.4. The summed E-state index contributed by atoms with van der Waals surface area (Å²) in [5, 5.41) is 15.6. The molecule has 0 spiro atoms. The van der Waals surface area contributed by atoms with Crippen LogP contribution in [0.5, 0.6) is 0 Å². The SMILES string of the molecule is CC(C)OC(=O)CCNc1nc2sccn2c1[N+](=O)[O-]. The number of carbonyl (C=O) groups excluding carboxylic acids is 1. The predicted octanol–water partition coefficient (Wildman–Crippen LogP) is 2.06. The summed E-state index contributed by atoms with van der Waals surface area (Å²) >= 11 is 1.30. The van der Waals surface area contributed by atoms with Crippen molar-refractivity contribution in [1.29, 1.82) is 0 Å². The highest BCUT2D eigenvalue weighted by atomic mass is 32.1. The Kier molecular flexibility index (Phi) is 4.18. The van der Waals surface area contributed by atoms with Crippen LogP contribution < -0.4 is 5.32 Å². The largest absolute Gasteiger partial charge is 0.463 e. The second-order valence-electron chi connectivity index (χ2n) is 4.31. The number of rotatable bonds is 6. The maximum Gasteiger partial charge on any atom is 0.372 e. The van der Waals surface area contributed by atoms with Gasteiger partial charge in [0.05, 0.1) is 12.5 Å². The third-order valence-corrected chi connectivity index (χ3v) is 3.16. The molecule has 0 radical (unpaired) electrons. The molecule has 2 rings (SSSR count). The third-order valence-electron chi connectivity index (χ3n) is 2.40. The molecule has 0 unspecified atom stereocenters. The summed E-state index contributed by atoms with van der Waals surface area (Å²) in [6.45, 7) is 3.76. The molecular weight excluding hydrogens is 284 g/mol. The van der Waals surface area contributed by atoms with Gasteiger partial charge in [-0.15, -0.1) is 0 Å². The lowest BCUT2D eigenvalue weighted by Crippen LogP contribution is -2.15. The number of hydrogen-bond donors (Lipinski definition) is 1. The van der Waals surface area contributed by atoms with Gasteiger partial charge in [0.1, 0.15) is 6.20 Å². The molecule has 0 aromatic carbocycles. The Hall–Kier alpha value is -2.16. The Morgan fingerprint density at radius 1 is 1.65 bits per heavy atom. The molecule has 9 heteroatoms. The first-order valence-corrected chi connectivity index (χ1v) is 6.90. The van der Waals surface area contributed by atoms with Crippen LogP contribution >= 0.6 is 11.3 Å². The lowest BCUT2D eigenvalue weighted by atomic mass is 10.4. The van der Waals surface area contributed by atoms with E-state index >= 15 is 0 Å². The van der Waals surface area contributed by atoms with E-state index in [-0.39, 0.29) is 36.7 Å². The van der Waals surface area contributed by atoms with Crippen molar-refractivity contribution in [1.82, 2.24) is 9.38 Å². The zero-order valence-corrected chi connectivity index (χ0v) is 11.8. The van der Waals surface area contributed by atoms with Crippen molar-refractivity contribution in [3.8, 4) is 0 Å². The lowest BCUT2D eigenvalue weighted by molar-refractivity contribution is -0.389. The minimum Gasteiger partial charge on any atom is -0.463 e. The van der Waals surface area contributed by atoms with Gasteiger partial charge in [-0.2, -0.15) is 9.38 Å². The Balaban J connectivity index is 2.03. The third kappa shape index (κ3) is 3.05. The van der Waals surface area contributed by atoms with Crippen molar-refractivity contribution in [2.75, 3.05) is 11.9 Å². The van der Waals surface area contributed by atoms with Gasteiger partial charge >= 0.3 is 11.8 Å². The molecular formula is C11H14N4O4S. The molecule has 2 aromatic heterocycles. The summed E-state index contributed by atoms with van der Waals surface area (Å²) < 4.78 is 6.38. The summed E-state index contributed by atoms with van der Waals surface area (Å²) in [6, 6.07) is 0. The first-order valence-electron chi connectivity index (χ1n) is 6.02. The molecule has 20 heavy (non-hydrogen) atoms. The quantitative estimate of drug-likeness (QED) is 0.498. The molecule has 2 aromatic rings. The smallest absolute Gasteiger partial charge is 0.372 e. The number of fused-ring (bicyclic) bond motifs is 1. The maximum absolute atomic E-state index is 11.4. The number of carbonyl (C=O) groups is 1. The van der Waals surface area contributed by atoms with Gasteiger partial charge in [0, 0.05) is 11.9 Å². The monoisotopic (exact) mass is 298 g/mol. The van der Waals surface area contributed by atoms with Gasteiger partial charge in [-0.25, -0.2) is 0 Å². The fourth-order valence-electron chi connectivity index (χ4n) is 1.67. The van der Waals surface area contributed by atoms with Gasteiger partial charge in [0.15, 0.2) is 0 Å². The van der Waals surface area contributed by atoms with Crippen molar-refractivity contribution in [2.45, 2.75) is 26.4 Å². The van der Waals surface area contributed by atoms with Crippen LogP contribution in [0.4, 0.5) is 11.6 Å². The molecule has 0 aliphatic heterocycles. The number of ether oxygens (including phenoxy) is 1. The highest BCUT2D eigenvalue weighted by Crippen LogP contribution is 2.27. The van der Waals surface area contributed by atoms with E-state index in [1.54, 1.807) is 25.4 Å². The molecule has 0 aliphatic carbocycles. The molecule has 0 bridgehead atoms. The second-order valence-corrected chi connectivity index (χ2v) is 5.19. The van der Waals surface area contributed by atoms with Crippen LogP contribution in [0.1, 0.15) is 20.3 Å². The van der Waals surface area contributed by atoms with Crippen molar-refractivity contribution < 1.29 is 14.5 Å². The summed E-state index contributed by atoms with van der Waals surface area (Å²) in [4.78, 5) is 26.6. The van der Waals surface area contributed by atoms with Crippen molar-refractivity contribution in [3.63, 3.8) is 0 Å². The molecule has 108 valence electrons. The Morgan fingerprint density at radius 2 is 2.40 bits per heavy atom. The Bertz CT molecular complexity index is 633. The highest BCUT2D eigenvalue weighted by molar-refractivity contribution is 7.15. The zero-order valence-electron chi connectivity index (χ0n) is 11.0. The van der Waals surface area contributed by atoms with E-state index in [2.05, 4.69) is 10.3 Å². The van der Waals surface area contributed by atoms with Crippen LogP contribution in [-0.4, -0.2) is 32.9 Å². The molecule has 0 saturated heterocycles. The van der Waals surface area contributed by atoms with Crippen LogP contribution in [0.2, 0.25) is 0 Å². The first-order chi connectivity index (χ1) is 9.49. The number of aromatic nitrogens is 2. The predicted molar refractivity (Wildman–Crippen MR) is 74.1 cm³/mol. The van der Waals surface area contributed by atoms with Crippen LogP contribution in [-0.2, 0) is 9.53 Å². The molecule has 0 fully saturated rings. The second kappa shape index (κ2) is 5.87. The van der Waals surface area contributed by atoms with Crippen molar-refractivity contribution in [3.05, 3.63) is 21.7 Å². The van der Waals surface area contributed by atoms with E-state index < -0.39 is 4.92 Å². The van der Waals surface area contributed by atoms with Gasteiger partial charge in [0.2, 0.25) is 5.82 Å².